The van der Waals surface area contributed by atoms with Crippen molar-refractivity contribution in [1.29, 1.82) is 0 Å². The van der Waals surface area contributed by atoms with Gasteiger partial charge in [0.1, 0.15) is 0 Å². The summed E-state index contributed by atoms with van der Waals surface area (Å²) in [4.78, 5) is 30.0. The van der Waals surface area contributed by atoms with Crippen LogP contribution in [0.25, 0.3) is 11.2 Å². The van der Waals surface area contributed by atoms with Crippen molar-refractivity contribution in [2.24, 2.45) is 14.1 Å². The Morgan fingerprint density at radius 2 is 1.50 bits per heavy atom. The van der Waals surface area contributed by atoms with Crippen LogP contribution in [0.4, 0.5) is 0 Å². The van der Waals surface area contributed by atoms with Crippen LogP contribution in [0, 0.1) is 0 Å². The summed E-state index contributed by atoms with van der Waals surface area (Å²) in [5.74, 6) is 0.876. The number of aryl methyl sites for hydroxylation is 2. The molecule has 0 amide bonds. The predicted octanol–water partition coefficient (Wildman–Crippen LogP) is 3.21. The molecule has 0 saturated carbocycles. The zero-order valence-electron chi connectivity index (χ0n) is 17.1. The molecule has 30 heavy (non-hydrogen) atoms. The summed E-state index contributed by atoms with van der Waals surface area (Å²) in [7, 11) is 3.17. The van der Waals surface area contributed by atoms with Gasteiger partial charge in [-0.15, -0.1) is 0 Å². The first kappa shape index (κ1) is 20.2. The van der Waals surface area contributed by atoms with E-state index in [1.54, 1.807) is 18.8 Å². The van der Waals surface area contributed by atoms with E-state index < -0.39 is 0 Å². The number of rotatable bonds is 7. The molecule has 4 aromatic rings. The monoisotopic (exact) mass is 420 g/mol. The third kappa shape index (κ3) is 3.98. The number of nitrogens with zero attached hydrogens (tertiary/aromatic N) is 4. The van der Waals surface area contributed by atoms with E-state index in [1.807, 2.05) is 41.0 Å². The fraction of sp³-hybridized carbons (Fsp3) is 0.261. The topological polar surface area (TPSA) is 61.8 Å². The van der Waals surface area contributed by atoms with Crippen LogP contribution in [0.2, 0.25) is 0 Å². The largest absolute Gasteiger partial charge is 0.332 e. The number of benzene rings is 2. The summed E-state index contributed by atoms with van der Waals surface area (Å²) in [5, 5.41) is 0.764. The van der Waals surface area contributed by atoms with Crippen LogP contribution in [0.1, 0.15) is 17.5 Å². The maximum atomic E-state index is 12.9. The third-order valence-corrected chi connectivity index (χ3v) is 6.24. The number of hydrogen-bond donors (Lipinski definition) is 0. The van der Waals surface area contributed by atoms with E-state index in [4.69, 9.17) is 4.98 Å². The highest BCUT2D eigenvalue weighted by Gasteiger charge is 2.19. The van der Waals surface area contributed by atoms with Crippen molar-refractivity contribution in [3.8, 4) is 0 Å². The summed E-state index contributed by atoms with van der Waals surface area (Å²) < 4.78 is 4.54. The third-order valence-electron chi connectivity index (χ3n) is 5.18. The van der Waals surface area contributed by atoms with E-state index in [0.717, 1.165) is 33.9 Å². The smallest absolute Gasteiger partial charge is 0.309 e. The van der Waals surface area contributed by atoms with Gasteiger partial charge in [0.05, 0.1) is 6.54 Å². The fourth-order valence-electron chi connectivity index (χ4n) is 3.53. The molecule has 0 unspecified atom stereocenters. The van der Waals surface area contributed by atoms with E-state index in [1.165, 1.54) is 17.2 Å². The van der Waals surface area contributed by atoms with E-state index in [9.17, 15) is 9.59 Å². The number of aromatic nitrogens is 4. The minimum atomic E-state index is -0.363. The van der Waals surface area contributed by atoms with Gasteiger partial charge in [0.15, 0.2) is 16.3 Å². The molecule has 2 aromatic heterocycles. The van der Waals surface area contributed by atoms with Gasteiger partial charge in [-0.3, -0.25) is 13.9 Å². The molecule has 0 atom stereocenters. The van der Waals surface area contributed by atoms with Crippen LogP contribution in [0.15, 0.2) is 75.4 Å². The summed E-state index contributed by atoms with van der Waals surface area (Å²) in [6.07, 6.45) is 1.99. The van der Waals surface area contributed by atoms with Crippen molar-refractivity contribution in [2.45, 2.75) is 24.5 Å². The average Bonchev–Trinajstić information content (AvgIpc) is 3.13. The lowest BCUT2D eigenvalue weighted by molar-refractivity contribution is 0.696. The first-order chi connectivity index (χ1) is 14.6. The molecule has 2 heterocycles. The molecular formula is C23H24N4O2S. The molecule has 154 valence electrons. The Hall–Kier alpha value is -3.06. The van der Waals surface area contributed by atoms with Crippen LogP contribution in [-0.4, -0.2) is 24.4 Å². The molecule has 0 bridgehead atoms. The molecule has 0 aliphatic heterocycles. The van der Waals surface area contributed by atoms with E-state index in [0.29, 0.717) is 17.7 Å². The van der Waals surface area contributed by atoms with Gasteiger partial charge >= 0.3 is 5.69 Å². The second kappa shape index (κ2) is 8.75. The van der Waals surface area contributed by atoms with E-state index >= 15 is 0 Å². The first-order valence-electron chi connectivity index (χ1n) is 9.93. The maximum Gasteiger partial charge on any atom is 0.332 e. The van der Waals surface area contributed by atoms with Crippen LogP contribution >= 0.6 is 11.8 Å². The number of fused-ring (bicyclic) bond motifs is 1. The maximum absolute atomic E-state index is 12.9. The van der Waals surface area contributed by atoms with Crippen molar-refractivity contribution in [3.63, 3.8) is 0 Å². The normalized spacial score (nSPS) is 11.3. The molecule has 0 radical (unpaired) electrons. The molecule has 6 nitrogen and oxygen atoms in total. The van der Waals surface area contributed by atoms with Crippen molar-refractivity contribution in [2.75, 3.05) is 5.75 Å². The van der Waals surface area contributed by atoms with Gasteiger partial charge in [0.2, 0.25) is 0 Å². The van der Waals surface area contributed by atoms with Crippen LogP contribution in [0.3, 0.4) is 0 Å². The van der Waals surface area contributed by atoms with Gasteiger partial charge in [0, 0.05) is 19.8 Å². The second-order valence-electron chi connectivity index (χ2n) is 7.28. The van der Waals surface area contributed by atoms with Crippen LogP contribution in [-0.2, 0) is 27.1 Å². The number of thioether (sulfide) groups is 1. The van der Waals surface area contributed by atoms with Gasteiger partial charge < -0.3 is 4.57 Å². The Morgan fingerprint density at radius 1 is 0.867 bits per heavy atom. The van der Waals surface area contributed by atoms with Crippen LogP contribution < -0.4 is 11.2 Å². The average molecular weight is 421 g/mol. The lowest BCUT2D eigenvalue weighted by Crippen LogP contribution is -2.37. The molecular weight excluding hydrogens is 396 g/mol. The zero-order valence-corrected chi connectivity index (χ0v) is 17.9. The first-order valence-corrected chi connectivity index (χ1v) is 10.9. The van der Waals surface area contributed by atoms with Crippen molar-refractivity contribution in [3.05, 3.63) is 92.6 Å². The molecule has 4 rings (SSSR count). The Kier molecular flexibility index (Phi) is 5.90. The predicted molar refractivity (Wildman–Crippen MR) is 121 cm³/mol. The van der Waals surface area contributed by atoms with Gasteiger partial charge in [-0.25, -0.2) is 9.78 Å². The summed E-state index contributed by atoms with van der Waals surface area (Å²) in [6, 6.07) is 20.4. The molecule has 0 saturated heterocycles. The highest BCUT2D eigenvalue weighted by atomic mass is 32.2. The van der Waals surface area contributed by atoms with E-state index in [-0.39, 0.29) is 11.2 Å². The molecule has 2 aromatic carbocycles. The highest BCUT2D eigenvalue weighted by Crippen LogP contribution is 2.24. The van der Waals surface area contributed by atoms with Gasteiger partial charge in [-0.1, -0.05) is 72.4 Å². The molecule has 0 spiro atoms. The number of imidazole rings is 1. The lowest BCUT2D eigenvalue weighted by atomic mass is 10.1. The Bertz CT molecular complexity index is 1270. The standard InChI is InChI=1S/C23H24N4O2S/c1-25-20-19(21(28)26(2)23(25)29)27(16-18-12-7-4-8-13-18)22(24-20)30-15-9-14-17-10-5-3-6-11-17/h3-8,10-13H,9,14-16H2,1-2H3. The van der Waals surface area contributed by atoms with Gasteiger partial charge in [0.25, 0.3) is 5.56 Å². The molecule has 7 heteroatoms. The van der Waals surface area contributed by atoms with Crippen LogP contribution in [0.5, 0.6) is 0 Å². The minimum Gasteiger partial charge on any atom is -0.309 e. The minimum absolute atomic E-state index is 0.312. The summed E-state index contributed by atoms with van der Waals surface area (Å²) in [6.45, 7) is 0.534. The summed E-state index contributed by atoms with van der Waals surface area (Å²) in [5.41, 5.74) is 2.62. The molecule has 0 N–H and O–H groups in total. The zero-order chi connectivity index (χ0) is 21.1. The SMILES string of the molecule is Cn1c(=O)c2c(nc(SCCCc3ccccc3)n2Cc2ccccc2)n(C)c1=O. The quantitative estimate of drug-likeness (QED) is 0.340. The van der Waals surface area contributed by atoms with Gasteiger partial charge in [-0.2, -0.15) is 0 Å². The Labute approximate surface area is 178 Å². The van der Waals surface area contributed by atoms with Crippen molar-refractivity contribution in [1.82, 2.24) is 18.7 Å². The number of hydrogen-bond acceptors (Lipinski definition) is 4. The van der Waals surface area contributed by atoms with Crippen molar-refractivity contribution < 1.29 is 0 Å². The molecule has 0 aliphatic rings. The van der Waals surface area contributed by atoms with Gasteiger partial charge in [-0.05, 0) is 24.0 Å². The second-order valence-corrected chi connectivity index (χ2v) is 8.34. The lowest BCUT2D eigenvalue weighted by Gasteiger charge is -2.09. The summed E-state index contributed by atoms with van der Waals surface area (Å²) >= 11 is 1.63. The van der Waals surface area contributed by atoms with E-state index in [2.05, 4.69) is 24.3 Å². The fourth-order valence-corrected chi connectivity index (χ4v) is 4.47. The Morgan fingerprint density at radius 3 is 2.17 bits per heavy atom. The van der Waals surface area contributed by atoms with Crippen molar-refractivity contribution >= 4 is 22.9 Å². The Balaban J connectivity index is 1.68. The molecule has 0 aliphatic carbocycles. The highest BCUT2D eigenvalue weighted by molar-refractivity contribution is 7.99. The molecule has 0 fully saturated rings.